The van der Waals surface area contributed by atoms with Crippen LogP contribution in [0.2, 0.25) is 18.1 Å². The Morgan fingerprint density at radius 1 is 1.06 bits per heavy atom. The number of aromatic nitrogens is 1. The summed E-state index contributed by atoms with van der Waals surface area (Å²) in [5, 5.41) is 14.9. The zero-order valence-corrected chi connectivity index (χ0v) is 25.3. The van der Waals surface area contributed by atoms with Crippen LogP contribution in [-0.2, 0) is 10.0 Å². The third kappa shape index (κ3) is 4.06. The van der Waals surface area contributed by atoms with Gasteiger partial charge in [-0.1, -0.05) is 46.3 Å². The molecule has 5 heteroatoms. The van der Waals surface area contributed by atoms with Gasteiger partial charge in [0.2, 0.25) is 0 Å². The fraction of sp³-hybridized carbons (Fsp3) is 0.833. The number of hydrogen-bond donors (Lipinski definition) is 1. The van der Waals surface area contributed by atoms with Gasteiger partial charge in [0.15, 0.2) is 8.32 Å². The van der Waals surface area contributed by atoms with Gasteiger partial charge in [0.25, 0.3) is 0 Å². The van der Waals surface area contributed by atoms with E-state index in [9.17, 15) is 5.11 Å². The van der Waals surface area contributed by atoms with Crippen LogP contribution in [-0.4, -0.2) is 24.5 Å². The summed E-state index contributed by atoms with van der Waals surface area (Å²) in [7, 11) is -1.74. The maximum atomic E-state index is 11.7. The predicted molar refractivity (Wildman–Crippen MR) is 149 cm³/mol. The average molecular weight is 516 g/mol. The van der Waals surface area contributed by atoms with Crippen molar-refractivity contribution in [1.82, 2.24) is 4.98 Å². The van der Waals surface area contributed by atoms with Crippen LogP contribution in [0.15, 0.2) is 23.2 Å². The number of allylic oxidation sites excluding steroid dienone is 1. The zero-order valence-electron chi connectivity index (χ0n) is 23.5. The Balaban J connectivity index is 1.36. The number of thiazole rings is 1. The lowest BCUT2D eigenvalue weighted by Gasteiger charge is -2.59. The minimum Gasteiger partial charge on any atom is -0.414 e. The summed E-state index contributed by atoms with van der Waals surface area (Å²) in [6, 6.07) is 0. The Morgan fingerprint density at radius 3 is 2.46 bits per heavy atom. The molecule has 35 heavy (non-hydrogen) atoms. The summed E-state index contributed by atoms with van der Waals surface area (Å²) in [5.74, 6) is 2.57. The Morgan fingerprint density at radius 2 is 1.80 bits per heavy atom. The summed E-state index contributed by atoms with van der Waals surface area (Å²) in [6.07, 6.45) is 14.7. The molecule has 1 aromatic heterocycles. The van der Waals surface area contributed by atoms with Crippen LogP contribution in [0.25, 0.3) is 0 Å². The van der Waals surface area contributed by atoms with Crippen LogP contribution in [0.5, 0.6) is 0 Å². The molecule has 1 N–H and O–H groups in total. The molecular formula is C30H49NO2SSi. The van der Waals surface area contributed by atoms with Gasteiger partial charge in [0.1, 0.15) is 10.6 Å². The lowest BCUT2D eigenvalue weighted by atomic mass is 9.47. The molecule has 0 bridgehead atoms. The topological polar surface area (TPSA) is 42.4 Å². The number of fused-ring (bicyclic) bond motifs is 5. The van der Waals surface area contributed by atoms with E-state index in [1.807, 2.05) is 18.5 Å². The van der Waals surface area contributed by atoms with Crippen molar-refractivity contribution < 1.29 is 9.53 Å². The molecule has 8 atom stereocenters. The summed E-state index contributed by atoms with van der Waals surface area (Å²) < 4.78 is 6.91. The third-order valence-electron chi connectivity index (χ3n) is 11.9. The van der Waals surface area contributed by atoms with Crippen molar-refractivity contribution in [1.29, 1.82) is 0 Å². The van der Waals surface area contributed by atoms with Crippen molar-refractivity contribution in [2.24, 2.45) is 34.5 Å². The van der Waals surface area contributed by atoms with Gasteiger partial charge in [-0.05, 0) is 111 Å². The van der Waals surface area contributed by atoms with Crippen molar-refractivity contribution >= 4 is 19.7 Å². The molecule has 3 saturated carbocycles. The van der Waals surface area contributed by atoms with E-state index in [1.54, 1.807) is 16.9 Å². The average Bonchev–Trinajstić information content (AvgIpc) is 3.41. The maximum absolute atomic E-state index is 11.7. The van der Waals surface area contributed by atoms with Crippen molar-refractivity contribution in [2.45, 2.75) is 123 Å². The molecule has 1 heterocycles. The summed E-state index contributed by atoms with van der Waals surface area (Å²) in [6.45, 7) is 19.0. The SMILES string of the molecule is CC(C)(C)[Si](C)(C)O[C@H]1CC[C@@]2(C)C(=CC[C@H]3[C@@H]4CC[C@H]([C@@](C)(O)c5nccs5)[C@@]4(C)CC[C@@H]32)C1. The summed E-state index contributed by atoms with van der Waals surface area (Å²) >= 11 is 1.62. The van der Waals surface area contributed by atoms with Gasteiger partial charge >= 0.3 is 0 Å². The first kappa shape index (κ1) is 26.1. The lowest BCUT2D eigenvalue weighted by Crippen LogP contribution is -2.53. The second-order valence-corrected chi connectivity index (χ2v) is 20.3. The first-order valence-corrected chi connectivity index (χ1v) is 18.0. The fourth-order valence-corrected chi connectivity index (χ4v) is 11.0. The molecular weight excluding hydrogens is 466 g/mol. The number of nitrogens with zero attached hydrogens (tertiary/aromatic N) is 1. The first-order valence-electron chi connectivity index (χ1n) is 14.2. The normalized spacial score (nSPS) is 41.4. The molecule has 196 valence electrons. The molecule has 0 unspecified atom stereocenters. The van der Waals surface area contributed by atoms with Crippen LogP contribution in [0.4, 0.5) is 0 Å². The fourth-order valence-electron chi connectivity index (χ4n) is 8.87. The molecule has 0 spiro atoms. The molecule has 0 aliphatic heterocycles. The molecule has 4 aliphatic carbocycles. The van der Waals surface area contributed by atoms with E-state index in [2.05, 4.69) is 58.8 Å². The van der Waals surface area contributed by atoms with Crippen LogP contribution in [0, 0.1) is 34.5 Å². The zero-order chi connectivity index (χ0) is 25.4. The highest BCUT2D eigenvalue weighted by atomic mass is 32.1. The second kappa shape index (κ2) is 8.51. The highest BCUT2D eigenvalue weighted by Crippen LogP contribution is 2.68. The second-order valence-electron chi connectivity index (χ2n) is 14.7. The Bertz CT molecular complexity index is 964. The monoisotopic (exact) mass is 515 g/mol. The molecule has 3 nitrogen and oxygen atoms in total. The molecule has 0 amide bonds. The Hall–Kier alpha value is -0.493. The number of rotatable bonds is 4. The summed E-state index contributed by atoms with van der Waals surface area (Å²) in [4.78, 5) is 4.55. The predicted octanol–water partition coefficient (Wildman–Crippen LogP) is 8.32. The van der Waals surface area contributed by atoms with E-state index in [1.165, 1.54) is 38.5 Å². The lowest BCUT2D eigenvalue weighted by molar-refractivity contribution is -0.105. The quantitative estimate of drug-likeness (QED) is 0.324. The smallest absolute Gasteiger partial charge is 0.192 e. The van der Waals surface area contributed by atoms with Gasteiger partial charge in [0.05, 0.1) is 0 Å². The van der Waals surface area contributed by atoms with Crippen molar-refractivity contribution in [3.8, 4) is 0 Å². The van der Waals surface area contributed by atoms with E-state index in [0.29, 0.717) is 23.4 Å². The number of aliphatic hydroxyl groups is 1. The molecule has 0 radical (unpaired) electrons. The van der Waals surface area contributed by atoms with Gasteiger partial charge in [-0.15, -0.1) is 11.3 Å². The highest BCUT2D eigenvalue weighted by molar-refractivity contribution is 7.09. The number of hydrogen-bond acceptors (Lipinski definition) is 4. The molecule has 0 aromatic carbocycles. The van der Waals surface area contributed by atoms with Gasteiger partial charge in [-0.25, -0.2) is 4.98 Å². The van der Waals surface area contributed by atoms with Crippen molar-refractivity contribution in [3.63, 3.8) is 0 Å². The molecule has 3 fully saturated rings. The van der Waals surface area contributed by atoms with Crippen LogP contribution < -0.4 is 0 Å². The van der Waals surface area contributed by atoms with E-state index < -0.39 is 13.9 Å². The van der Waals surface area contributed by atoms with Gasteiger partial charge < -0.3 is 9.53 Å². The van der Waals surface area contributed by atoms with E-state index in [0.717, 1.165) is 29.7 Å². The van der Waals surface area contributed by atoms with Crippen LogP contribution in [0.1, 0.15) is 97.9 Å². The summed E-state index contributed by atoms with van der Waals surface area (Å²) in [5.41, 5.74) is 1.44. The maximum Gasteiger partial charge on any atom is 0.192 e. The van der Waals surface area contributed by atoms with Crippen molar-refractivity contribution in [3.05, 3.63) is 28.2 Å². The largest absolute Gasteiger partial charge is 0.414 e. The standard InChI is InChI=1S/C30H49NO2SSi/c1-27(2,3)35(7,8)33-21-13-15-28(4)20(19-21)9-10-22-23-11-12-25(29(23,5)16-14-24(22)28)30(6,32)26-31-17-18-34-26/h9,17-18,21-25,32H,10-16,19H2,1-8H3/t21-,22-,23-,24-,25-,28-,29-,30+/m0/s1. The van der Waals surface area contributed by atoms with Crippen LogP contribution >= 0.6 is 11.3 Å². The molecule has 5 rings (SSSR count). The van der Waals surface area contributed by atoms with Crippen LogP contribution in [0.3, 0.4) is 0 Å². The van der Waals surface area contributed by atoms with E-state index in [4.69, 9.17) is 4.43 Å². The minimum atomic E-state index is -1.74. The van der Waals surface area contributed by atoms with E-state index in [-0.39, 0.29) is 10.5 Å². The Kier molecular flexibility index (Phi) is 6.35. The van der Waals surface area contributed by atoms with Crippen molar-refractivity contribution in [2.75, 3.05) is 0 Å². The molecule has 4 aliphatic rings. The first-order chi connectivity index (χ1) is 16.2. The molecule has 0 saturated heterocycles. The Labute approximate surface area is 219 Å². The highest BCUT2D eigenvalue weighted by Gasteiger charge is 2.62. The van der Waals surface area contributed by atoms with E-state index >= 15 is 0 Å². The van der Waals surface area contributed by atoms with Gasteiger partial charge in [0, 0.05) is 17.7 Å². The molecule has 1 aromatic rings. The third-order valence-corrected chi connectivity index (χ3v) is 17.4. The minimum absolute atomic E-state index is 0.209. The van der Waals surface area contributed by atoms with Gasteiger partial charge in [-0.3, -0.25) is 0 Å². The van der Waals surface area contributed by atoms with Gasteiger partial charge in [-0.2, -0.15) is 0 Å².